The van der Waals surface area contributed by atoms with Gasteiger partial charge in [-0.3, -0.25) is 0 Å². The van der Waals surface area contributed by atoms with Gasteiger partial charge in [-0.2, -0.15) is 0 Å². The van der Waals surface area contributed by atoms with Gasteiger partial charge in [0, 0.05) is 0 Å². The molecule has 0 atom stereocenters. The molecule has 0 bridgehead atoms. The first-order valence-electron chi connectivity index (χ1n) is 0.750. The monoisotopic (exact) mass is 151 g/mol. The van der Waals surface area contributed by atoms with E-state index in [9.17, 15) is 0 Å². The molecule has 0 heterocycles. The Morgan fingerprint density at radius 3 is 1.00 bits per heavy atom. The van der Waals surface area contributed by atoms with Crippen molar-refractivity contribution in [1.82, 2.24) is 0 Å². The van der Waals surface area contributed by atoms with Crippen LogP contribution in [0.25, 0.3) is 0 Å². The number of rotatable bonds is 0. The fourth-order valence-corrected chi connectivity index (χ4v) is 0. The molecule has 0 amide bonds. The van der Waals surface area contributed by atoms with Crippen LogP contribution >= 0.6 is 0 Å². The summed E-state index contributed by atoms with van der Waals surface area (Å²) in [5.74, 6) is 0. The zero-order valence-electron chi connectivity index (χ0n) is 3.00. The molecule has 9 radical (unpaired) electrons. The molecule has 0 spiro atoms. The predicted molar refractivity (Wildman–Crippen MR) is 23.0 cm³/mol. The van der Waals surface area contributed by atoms with E-state index in [1.807, 2.05) is 0 Å². The van der Waals surface area contributed by atoms with Gasteiger partial charge >= 0.3 is 51.4 Å². The average Bonchev–Trinajstić information content (AvgIpc) is 0.811. The minimum atomic E-state index is -0.463. The molecule has 17 valence electrons. The van der Waals surface area contributed by atoms with Crippen molar-refractivity contribution in [2.45, 2.75) is 0 Å². The van der Waals surface area contributed by atoms with Crippen LogP contribution in [-0.2, 0) is 0 Å². The van der Waals surface area contributed by atoms with Crippen LogP contribution in [0.1, 0.15) is 0 Å². The van der Waals surface area contributed by atoms with Gasteiger partial charge in [0.05, 0.1) is 0 Å². The van der Waals surface area contributed by atoms with Crippen LogP contribution in [0, 0.1) is 0 Å². The maximum atomic E-state index is 3.24. The molecule has 0 saturated carbocycles. The van der Waals surface area contributed by atoms with Gasteiger partial charge in [-0.15, -0.1) is 0 Å². The fraction of sp³-hybridized carbons (Fsp3) is 0. The SMILES string of the molecule is [K+].[Si][Si-]([Si])[Si]. The predicted octanol–water partition coefficient (Wildman–Crippen LogP) is -4.52. The molecular weight excluding hydrogens is 151 g/mol. The maximum absolute atomic E-state index is 3.24. The van der Waals surface area contributed by atoms with E-state index in [0.717, 1.165) is 0 Å². The summed E-state index contributed by atoms with van der Waals surface area (Å²) in [6.45, 7) is 0. The Hall–Kier alpha value is 2.50. The summed E-state index contributed by atoms with van der Waals surface area (Å²) in [5.41, 5.74) is 0. The third kappa shape index (κ3) is 21.0. The standard InChI is InChI=1S/K.Si4/c;1-4(2)3/q+1;-1. The molecule has 0 aliphatic heterocycles. The van der Waals surface area contributed by atoms with Crippen LogP contribution in [0.3, 0.4) is 0 Å². The van der Waals surface area contributed by atoms with Gasteiger partial charge in [-0.1, -0.05) is 0 Å². The Labute approximate surface area is 86.2 Å². The summed E-state index contributed by atoms with van der Waals surface area (Å²) in [7, 11) is 9.26. The molecule has 0 fully saturated rings. The molecular formula is KSi4. The first kappa shape index (κ1) is 10.5. The molecule has 0 saturated heterocycles. The van der Waals surface area contributed by atoms with Crippen molar-refractivity contribution < 1.29 is 51.4 Å². The molecule has 0 aromatic heterocycles. The molecule has 0 N–H and O–H groups in total. The second kappa shape index (κ2) is 6.50. The van der Waals surface area contributed by atoms with Crippen LogP contribution in [0.4, 0.5) is 0 Å². The molecule has 5 heavy (non-hydrogen) atoms. The largest absolute Gasteiger partial charge is 1.00 e. The van der Waals surface area contributed by atoms with E-state index in [1.165, 1.54) is 0 Å². The third-order valence-electron chi connectivity index (χ3n) is 0. The van der Waals surface area contributed by atoms with E-state index >= 15 is 0 Å². The van der Waals surface area contributed by atoms with Crippen molar-refractivity contribution in [2.75, 3.05) is 0 Å². The van der Waals surface area contributed by atoms with E-state index in [2.05, 4.69) is 29.3 Å². The fourth-order valence-electron chi connectivity index (χ4n) is 0. The summed E-state index contributed by atoms with van der Waals surface area (Å²) >= 11 is 0. The minimum absolute atomic E-state index is 0. The average molecular weight is 151 g/mol. The van der Waals surface area contributed by atoms with Gasteiger partial charge in [0.15, 0.2) is 0 Å². The molecule has 0 aromatic carbocycles. The van der Waals surface area contributed by atoms with Gasteiger partial charge in [-0.05, 0) is 0 Å². The Morgan fingerprint density at radius 1 is 1.00 bits per heavy atom. The number of hydrogen-bond donors (Lipinski definition) is 0. The molecule has 0 aliphatic carbocycles. The van der Waals surface area contributed by atoms with Crippen molar-refractivity contribution >= 4 is 36.6 Å². The second-order valence-electron chi connectivity index (χ2n) is 0.375. The molecule has 0 rings (SSSR count). The molecule has 0 aromatic rings. The summed E-state index contributed by atoms with van der Waals surface area (Å²) < 4.78 is 0. The van der Waals surface area contributed by atoms with Crippen LogP contribution in [0.2, 0.25) is 0 Å². The van der Waals surface area contributed by atoms with Crippen molar-refractivity contribution in [3.05, 3.63) is 0 Å². The van der Waals surface area contributed by atoms with E-state index in [1.54, 1.807) is 0 Å². The second-order valence-corrected chi connectivity index (χ2v) is 10.1. The van der Waals surface area contributed by atoms with E-state index in [4.69, 9.17) is 0 Å². The summed E-state index contributed by atoms with van der Waals surface area (Å²) in [5, 5.41) is 0. The normalized spacial score (nSPS) is 7.20. The van der Waals surface area contributed by atoms with E-state index in [-0.39, 0.29) is 51.4 Å². The third-order valence-corrected chi connectivity index (χ3v) is 0. The van der Waals surface area contributed by atoms with Gasteiger partial charge in [0.1, 0.15) is 0 Å². The van der Waals surface area contributed by atoms with Crippen LogP contribution in [0.5, 0.6) is 0 Å². The first-order chi connectivity index (χ1) is 1.73. The van der Waals surface area contributed by atoms with Crippen LogP contribution in [-0.4, -0.2) is 36.6 Å². The molecule has 0 unspecified atom stereocenters. The van der Waals surface area contributed by atoms with Crippen LogP contribution < -0.4 is 51.4 Å². The van der Waals surface area contributed by atoms with E-state index < -0.39 is 7.35 Å². The minimum Gasteiger partial charge on any atom is -0.301 e. The topological polar surface area (TPSA) is 0 Å². The van der Waals surface area contributed by atoms with Crippen molar-refractivity contribution in [2.24, 2.45) is 0 Å². The maximum Gasteiger partial charge on any atom is 1.00 e. The Morgan fingerprint density at radius 2 is 1.00 bits per heavy atom. The molecule has 5 heteroatoms. The number of hydrogen-bond acceptors (Lipinski definition) is 0. The van der Waals surface area contributed by atoms with Gasteiger partial charge < -0.3 is 7.35 Å². The first-order valence-corrected chi connectivity index (χ1v) is 6.75. The summed E-state index contributed by atoms with van der Waals surface area (Å²) in [6.07, 6.45) is 0. The molecule has 0 aliphatic rings. The molecule has 0 nitrogen and oxygen atoms in total. The van der Waals surface area contributed by atoms with Crippen LogP contribution in [0.15, 0.2) is 0 Å². The Bertz CT molecular complexity index is 8.36. The zero-order valence-corrected chi connectivity index (χ0v) is 10.1. The van der Waals surface area contributed by atoms with Gasteiger partial charge in [0.2, 0.25) is 0 Å². The smallest absolute Gasteiger partial charge is 0.301 e. The van der Waals surface area contributed by atoms with Crippen molar-refractivity contribution in [3.8, 4) is 0 Å². The van der Waals surface area contributed by atoms with Crippen molar-refractivity contribution in [1.29, 1.82) is 0 Å². The Kier molecular flexibility index (Phi) is 13.6. The Balaban J connectivity index is 0. The van der Waals surface area contributed by atoms with Gasteiger partial charge in [-0.25, -0.2) is 29.3 Å². The van der Waals surface area contributed by atoms with E-state index in [0.29, 0.717) is 0 Å². The van der Waals surface area contributed by atoms with Gasteiger partial charge in [0.25, 0.3) is 0 Å². The van der Waals surface area contributed by atoms with Crippen molar-refractivity contribution in [3.63, 3.8) is 0 Å². The zero-order chi connectivity index (χ0) is 3.58. The quantitative estimate of drug-likeness (QED) is 0.306. The summed E-state index contributed by atoms with van der Waals surface area (Å²) in [6, 6.07) is 0. The summed E-state index contributed by atoms with van der Waals surface area (Å²) in [4.78, 5) is 0.